The van der Waals surface area contributed by atoms with Gasteiger partial charge in [-0.2, -0.15) is 0 Å². The minimum atomic E-state index is -0.235. The third-order valence-corrected chi connectivity index (χ3v) is 4.09. The zero-order valence-corrected chi connectivity index (χ0v) is 13.7. The highest BCUT2D eigenvalue weighted by Gasteiger charge is 2.31. The van der Waals surface area contributed by atoms with Crippen LogP contribution in [0.4, 0.5) is 4.79 Å². The molecule has 1 aromatic carbocycles. The first-order valence-electron chi connectivity index (χ1n) is 8.08. The van der Waals surface area contributed by atoms with Crippen molar-refractivity contribution in [3.05, 3.63) is 28.8 Å². The van der Waals surface area contributed by atoms with E-state index in [4.69, 9.17) is 15.2 Å². The largest absolute Gasteiger partial charge is 0.494 e. The summed E-state index contributed by atoms with van der Waals surface area (Å²) in [6.45, 7) is 8.02. The number of amides is 1. The number of carbonyl (C=O) groups is 1. The number of ether oxygens (including phenoxy) is 2. The molecule has 0 saturated heterocycles. The van der Waals surface area contributed by atoms with Gasteiger partial charge in [0.05, 0.1) is 19.3 Å². The molecule has 1 unspecified atom stereocenters. The van der Waals surface area contributed by atoms with Crippen molar-refractivity contribution in [3.63, 3.8) is 0 Å². The van der Waals surface area contributed by atoms with Gasteiger partial charge < -0.3 is 20.1 Å². The maximum Gasteiger partial charge on any atom is 0.410 e. The molecule has 0 spiro atoms. The predicted octanol–water partition coefficient (Wildman–Crippen LogP) is 3.01. The molecule has 5 heteroatoms. The molecule has 1 heterocycles. The number of rotatable bonds is 5. The number of fused-ring (bicyclic) bond motifs is 1. The molecule has 2 rings (SSSR count). The lowest BCUT2D eigenvalue weighted by atomic mass is 9.89. The van der Waals surface area contributed by atoms with Crippen LogP contribution in [0, 0.1) is 0 Å². The van der Waals surface area contributed by atoms with Crippen LogP contribution in [0.15, 0.2) is 12.1 Å². The summed E-state index contributed by atoms with van der Waals surface area (Å²) in [5.74, 6) is 0.827. The number of benzene rings is 1. The SMILES string of the molecule is CCOC(=O)N1CCc2cc(CN)c(OCC)cc2C1CC. The highest BCUT2D eigenvalue weighted by molar-refractivity contribution is 5.69. The van der Waals surface area contributed by atoms with Gasteiger partial charge in [-0.1, -0.05) is 13.0 Å². The van der Waals surface area contributed by atoms with Crippen molar-refractivity contribution in [1.29, 1.82) is 0 Å². The number of nitrogens with two attached hydrogens (primary N) is 1. The Morgan fingerprint density at radius 2 is 2.09 bits per heavy atom. The molecular formula is C17H26N2O3. The zero-order valence-electron chi connectivity index (χ0n) is 13.7. The fourth-order valence-electron chi connectivity index (χ4n) is 3.10. The molecule has 1 aliphatic rings. The molecule has 122 valence electrons. The van der Waals surface area contributed by atoms with Gasteiger partial charge >= 0.3 is 6.09 Å². The Morgan fingerprint density at radius 3 is 2.68 bits per heavy atom. The first kappa shape index (κ1) is 16.6. The van der Waals surface area contributed by atoms with E-state index in [0.29, 0.717) is 26.3 Å². The molecule has 1 aromatic rings. The van der Waals surface area contributed by atoms with Gasteiger partial charge in [0.25, 0.3) is 0 Å². The van der Waals surface area contributed by atoms with Gasteiger partial charge in [0.15, 0.2) is 0 Å². The van der Waals surface area contributed by atoms with Gasteiger partial charge in [-0.05, 0) is 43.9 Å². The predicted molar refractivity (Wildman–Crippen MR) is 86.0 cm³/mol. The second-order valence-corrected chi connectivity index (χ2v) is 5.36. The van der Waals surface area contributed by atoms with E-state index >= 15 is 0 Å². The fourth-order valence-corrected chi connectivity index (χ4v) is 3.10. The van der Waals surface area contributed by atoms with E-state index in [1.54, 1.807) is 0 Å². The summed E-state index contributed by atoms with van der Waals surface area (Å²) in [5.41, 5.74) is 9.28. The van der Waals surface area contributed by atoms with E-state index in [2.05, 4.69) is 19.1 Å². The summed E-state index contributed by atoms with van der Waals surface area (Å²) in [4.78, 5) is 14.0. The van der Waals surface area contributed by atoms with E-state index < -0.39 is 0 Å². The summed E-state index contributed by atoms with van der Waals surface area (Å²) in [6, 6.07) is 4.22. The smallest absolute Gasteiger partial charge is 0.410 e. The number of hydrogen-bond acceptors (Lipinski definition) is 4. The van der Waals surface area contributed by atoms with Crippen molar-refractivity contribution < 1.29 is 14.3 Å². The first-order valence-corrected chi connectivity index (χ1v) is 8.08. The summed E-state index contributed by atoms with van der Waals surface area (Å²) in [7, 11) is 0. The molecule has 0 aliphatic carbocycles. The second-order valence-electron chi connectivity index (χ2n) is 5.36. The normalized spacial score (nSPS) is 17.1. The topological polar surface area (TPSA) is 64.8 Å². The molecule has 0 aromatic heterocycles. The van der Waals surface area contributed by atoms with Crippen molar-refractivity contribution in [3.8, 4) is 5.75 Å². The van der Waals surface area contributed by atoms with Crippen LogP contribution in [0.1, 0.15) is 49.9 Å². The quantitative estimate of drug-likeness (QED) is 0.908. The lowest BCUT2D eigenvalue weighted by molar-refractivity contribution is 0.0854. The maximum atomic E-state index is 12.2. The summed E-state index contributed by atoms with van der Waals surface area (Å²) in [6.07, 6.45) is 1.43. The molecule has 0 bridgehead atoms. The van der Waals surface area contributed by atoms with Crippen molar-refractivity contribution in [2.75, 3.05) is 19.8 Å². The van der Waals surface area contributed by atoms with Gasteiger partial charge in [-0.25, -0.2) is 4.79 Å². The van der Waals surface area contributed by atoms with E-state index in [1.807, 2.05) is 18.7 Å². The average Bonchev–Trinajstić information content (AvgIpc) is 2.53. The molecule has 0 fully saturated rings. The van der Waals surface area contributed by atoms with Gasteiger partial charge in [0.1, 0.15) is 5.75 Å². The minimum Gasteiger partial charge on any atom is -0.494 e. The Bertz CT molecular complexity index is 531. The van der Waals surface area contributed by atoms with Crippen LogP contribution in [-0.4, -0.2) is 30.8 Å². The van der Waals surface area contributed by atoms with Gasteiger partial charge in [0, 0.05) is 18.7 Å². The van der Waals surface area contributed by atoms with E-state index in [0.717, 1.165) is 29.7 Å². The van der Waals surface area contributed by atoms with Crippen molar-refractivity contribution >= 4 is 6.09 Å². The monoisotopic (exact) mass is 306 g/mol. The number of carbonyl (C=O) groups excluding carboxylic acids is 1. The van der Waals surface area contributed by atoms with Gasteiger partial charge in [-0.3, -0.25) is 0 Å². The van der Waals surface area contributed by atoms with Crippen molar-refractivity contribution in [2.24, 2.45) is 5.73 Å². The Kier molecular flexibility index (Phi) is 5.66. The van der Waals surface area contributed by atoms with Crippen LogP contribution in [0.5, 0.6) is 5.75 Å². The molecule has 0 radical (unpaired) electrons. The average molecular weight is 306 g/mol. The van der Waals surface area contributed by atoms with Crippen LogP contribution in [0.25, 0.3) is 0 Å². The molecule has 2 N–H and O–H groups in total. The van der Waals surface area contributed by atoms with E-state index in [1.165, 1.54) is 5.56 Å². The molecule has 0 saturated carbocycles. The lowest BCUT2D eigenvalue weighted by Gasteiger charge is -2.36. The maximum absolute atomic E-state index is 12.2. The number of nitrogens with zero attached hydrogens (tertiary/aromatic N) is 1. The number of hydrogen-bond donors (Lipinski definition) is 1. The molecule has 22 heavy (non-hydrogen) atoms. The Morgan fingerprint density at radius 1 is 1.32 bits per heavy atom. The van der Waals surface area contributed by atoms with Crippen molar-refractivity contribution in [2.45, 2.75) is 46.2 Å². The molecule has 5 nitrogen and oxygen atoms in total. The zero-order chi connectivity index (χ0) is 16.1. The Hall–Kier alpha value is -1.75. The standard InChI is InChI=1S/C17H26N2O3/c1-4-15-14-10-16(21-5-2)13(11-18)9-12(14)7-8-19(15)17(20)22-6-3/h9-10,15H,4-8,11,18H2,1-3H3. The summed E-state index contributed by atoms with van der Waals surface area (Å²) in [5, 5.41) is 0. The molecule has 1 atom stereocenters. The van der Waals surface area contributed by atoms with Crippen LogP contribution in [0.3, 0.4) is 0 Å². The van der Waals surface area contributed by atoms with Crippen LogP contribution in [-0.2, 0) is 17.7 Å². The van der Waals surface area contributed by atoms with Crippen LogP contribution >= 0.6 is 0 Å². The fraction of sp³-hybridized carbons (Fsp3) is 0.588. The molecule has 1 aliphatic heterocycles. The summed E-state index contributed by atoms with van der Waals surface area (Å²) < 4.78 is 10.9. The van der Waals surface area contributed by atoms with Crippen LogP contribution < -0.4 is 10.5 Å². The van der Waals surface area contributed by atoms with Gasteiger partial charge in [0.2, 0.25) is 0 Å². The third kappa shape index (κ3) is 3.19. The Balaban J connectivity index is 2.39. The lowest BCUT2D eigenvalue weighted by Crippen LogP contribution is -2.40. The van der Waals surface area contributed by atoms with Crippen molar-refractivity contribution in [1.82, 2.24) is 4.90 Å². The third-order valence-electron chi connectivity index (χ3n) is 4.09. The van der Waals surface area contributed by atoms with E-state index in [-0.39, 0.29) is 12.1 Å². The van der Waals surface area contributed by atoms with Gasteiger partial charge in [-0.15, -0.1) is 0 Å². The minimum absolute atomic E-state index is 0.0360. The highest BCUT2D eigenvalue weighted by atomic mass is 16.6. The highest BCUT2D eigenvalue weighted by Crippen LogP contribution is 2.36. The summed E-state index contributed by atoms with van der Waals surface area (Å²) >= 11 is 0. The second kappa shape index (κ2) is 7.49. The molecule has 1 amide bonds. The first-order chi connectivity index (χ1) is 10.7. The van der Waals surface area contributed by atoms with Crippen LogP contribution in [0.2, 0.25) is 0 Å². The van der Waals surface area contributed by atoms with E-state index in [9.17, 15) is 4.79 Å². The Labute approximate surface area is 132 Å². The molecular weight excluding hydrogens is 280 g/mol.